The number of likely N-dealkylation sites (tertiary alicyclic amines) is 1. The second-order valence-electron chi connectivity index (χ2n) is 13.5. The molecule has 1 aromatic heterocycles. The number of benzene rings is 2. The number of aliphatic hydroxyl groups excluding tert-OH is 1. The molecule has 0 bridgehead atoms. The monoisotopic (exact) mass is 628 g/mol. The van der Waals surface area contributed by atoms with Crippen LogP contribution in [0.3, 0.4) is 0 Å². The molecule has 3 aromatic rings. The Hall–Kier alpha value is -3.39. The summed E-state index contributed by atoms with van der Waals surface area (Å²) in [5, 5.41) is 23.4. The number of nitrogens with one attached hydrogen (secondary N) is 1. The van der Waals surface area contributed by atoms with E-state index in [4.69, 9.17) is 4.98 Å². The van der Waals surface area contributed by atoms with Crippen LogP contribution < -0.4 is 5.32 Å². The average Bonchev–Trinajstić information content (AvgIpc) is 3.59. The van der Waals surface area contributed by atoms with E-state index >= 15 is 0 Å². The number of fused-ring (bicyclic) bond motifs is 1. The van der Waals surface area contributed by atoms with Crippen molar-refractivity contribution >= 4 is 16.9 Å². The van der Waals surface area contributed by atoms with Crippen molar-refractivity contribution in [2.24, 2.45) is 0 Å². The number of aromatic nitrogens is 1. The van der Waals surface area contributed by atoms with Gasteiger partial charge in [-0.2, -0.15) is 0 Å². The van der Waals surface area contributed by atoms with E-state index in [9.17, 15) is 19.2 Å². The van der Waals surface area contributed by atoms with Gasteiger partial charge in [-0.25, -0.2) is 13.5 Å². The summed E-state index contributed by atoms with van der Waals surface area (Å²) in [6, 6.07) is 19.4. The fraction of sp³-hybridized carbons (Fsp3) is 0.444. The van der Waals surface area contributed by atoms with Gasteiger partial charge in [0.15, 0.2) is 0 Å². The summed E-state index contributed by atoms with van der Waals surface area (Å²) in [6.07, 6.45) is 1.24. The first-order chi connectivity index (χ1) is 21.3. The van der Waals surface area contributed by atoms with Crippen molar-refractivity contribution in [3.63, 3.8) is 0 Å². The van der Waals surface area contributed by atoms with Crippen LogP contribution in [0.2, 0.25) is 0 Å². The van der Waals surface area contributed by atoms with Crippen LogP contribution in [0.5, 0.6) is 0 Å². The number of rotatable bonds is 8. The zero-order valence-corrected chi connectivity index (χ0v) is 27.7. The number of nitrogens with zero attached hydrogens (tertiary/aromatic N) is 3. The Labute approximate surface area is 269 Å². The number of amides is 1. The van der Waals surface area contributed by atoms with Gasteiger partial charge in [0.1, 0.15) is 22.3 Å². The number of carbonyl (C=O) groups is 1. The molecule has 5 rings (SSSR count). The molecule has 2 aliphatic heterocycles. The lowest BCUT2D eigenvalue weighted by molar-refractivity contribution is 0.0932. The molecule has 3 N–H and O–H groups in total. The van der Waals surface area contributed by atoms with Gasteiger partial charge in [0.2, 0.25) is 0 Å². The molecule has 1 saturated heterocycles. The minimum absolute atomic E-state index is 0.00665. The molecule has 2 aliphatic rings. The molecule has 0 saturated carbocycles. The van der Waals surface area contributed by atoms with Crippen LogP contribution in [0.1, 0.15) is 86.2 Å². The van der Waals surface area contributed by atoms with Crippen LogP contribution in [0.25, 0.3) is 11.3 Å². The second-order valence-corrected chi connectivity index (χ2v) is 15.7. The van der Waals surface area contributed by atoms with Crippen molar-refractivity contribution in [3.05, 3.63) is 88.6 Å². The number of pyridine rings is 1. The van der Waals surface area contributed by atoms with Crippen molar-refractivity contribution < 1.29 is 19.2 Å². The number of carbonyl (C=O) groups excluding carboxylic acids is 1. The summed E-state index contributed by atoms with van der Waals surface area (Å²) >= 11 is 0. The number of hydrogen-bond donors (Lipinski definition) is 3. The molecule has 1 unspecified atom stereocenters. The van der Waals surface area contributed by atoms with Gasteiger partial charge in [-0.1, -0.05) is 54.3 Å². The molecule has 3 atom stereocenters. The highest BCUT2D eigenvalue weighted by atomic mass is 32.2. The first kappa shape index (κ1) is 33.0. The fourth-order valence-electron chi connectivity index (χ4n) is 5.97. The van der Waals surface area contributed by atoms with E-state index in [0.29, 0.717) is 29.9 Å². The highest BCUT2D eigenvalue weighted by Gasteiger charge is 2.40. The first-order valence-corrected chi connectivity index (χ1v) is 16.7. The third-order valence-corrected chi connectivity index (χ3v) is 9.89. The lowest BCUT2D eigenvalue weighted by atomic mass is 9.95. The van der Waals surface area contributed by atoms with Crippen LogP contribution in [0.4, 0.5) is 0 Å². The van der Waals surface area contributed by atoms with Gasteiger partial charge < -0.3 is 15.5 Å². The van der Waals surface area contributed by atoms with Gasteiger partial charge in [-0.05, 0) is 76.8 Å². The lowest BCUT2D eigenvalue weighted by Crippen LogP contribution is -2.37. The maximum absolute atomic E-state index is 13.8. The van der Waals surface area contributed by atoms with E-state index in [1.54, 1.807) is 13.8 Å². The normalized spacial score (nSPS) is 19.5. The zero-order chi connectivity index (χ0) is 32.4. The molecule has 45 heavy (non-hydrogen) atoms. The summed E-state index contributed by atoms with van der Waals surface area (Å²) in [4.78, 5) is 21.1. The Morgan fingerprint density at radius 1 is 1.09 bits per heavy atom. The van der Waals surface area contributed by atoms with Crippen molar-refractivity contribution in [1.29, 1.82) is 0 Å². The van der Waals surface area contributed by atoms with E-state index in [1.165, 1.54) is 5.56 Å². The van der Waals surface area contributed by atoms with Gasteiger partial charge in [-0.3, -0.25) is 9.69 Å². The molecule has 238 valence electrons. The molecule has 3 heterocycles. The standard InChI is InChI=1S/C36H44N4O4S/c1-35(2,3)45(44)40-23-28-21-30(34(42)37-29-15-18-39(24-29)22-26-10-7-6-8-11-26)38-33(32(28)31(40)16-19-41)27-13-9-12-25(20-27)14-17-36(4,5)43/h6-13,20-21,29,31,41,43H,15-16,18-19,22-24H2,1-5H3,(H,37,42)/t29-,31-,45?/m1/s1. The minimum Gasteiger partial charge on any atom is -0.396 e. The van der Waals surface area contributed by atoms with Crippen LogP contribution in [-0.4, -0.2) is 70.6 Å². The SMILES string of the molecule is CC(C)(O)C#Cc1cccc(-c2nc(C(=O)N[C@@H]3CCN(Cc4ccccc4)C3)cc3c2[C@@H](CCO)N(S(=O)C(C)(C)C)C3)c1. The Morgan fingerprint density at radius 3 is 2.53 bits per heavy atom. The summed E-state index contributed by atoms with van der Waals surface area (Å²) in [7, 11) is -1.36. The van der Waals surface area contributed by atoms with E-state index in [1.807, 2.05) is 73.6 Å². The molecule has 9 heteroatoms. The van der Waals surface area contributed by atoms with E-state index < -0.39 is 21.3 Å². The molecule has 0 spiro atoms. The maximum Gasteiger partial charge on any atom is 0.270 e. The fourth-order valence-corrected chi connectivity index (χ4v) is 7.37. The third kappa shape index (κ3) is 8.07. The predicted molar refractivity (Wildman–Crippen MR) is 178 cm³/mol. The first-order valence-electron chi connectivity index (χ1n) is 15.6. The van der Waals surface area contributed by atoms with Gasteiger partial charge in [0.05, 0.1) is 16.5 Å². The quantitative estimate of drug-likeness (QED) is 0.316. The molecule has 2 aromatic carbocycles. The number of aliphatic hydroxyl groups is 2. The van der Waals surface area contributed by atoms with Crippen molar-refractivity contribution in [3.8, 4) is 23.1 Å². The summed E-state index contributed by atoms with van der Waals surface area (Å²) < 4.78 is 15.1. The Balaban J connectivity index is 1.49. The summed E-state index contributed by atoms with van der Waals surface area (Å²) in [5.41, 5.74) is 4.26. The molecule has 0 radical (unpaired) electrons. The van der Waals surface area contributed by atoms with Crippen LogP contribution in [0.15, 0.2) is 60.7 Å². The molecule has 0 aliphatic carbocycles. The van der Waals surface area contributed by atoms with Crippen LogP contribution >= 0.6 is 0 Å². The molecular weight excluding hydrogens is 584 g/mol. The zero-order valence-electron chi connectivity index (χ0n) is 26.8. The highest BCUT2D eigenvalue weighted by Crippen LogP contribution is 2.44. The van der Waals surface area contributed by atoms with Gasteiger partial charge in [0.25, 0.3) is 5.91 Å². The van der Waals surface area contributed by atoms with Crippen molar-refractivity contribution in [2.75, 3.05) is 19.7 Å². The van der Waals surface area contributed by atoms with E-state index in [2.05, 4.69) is 34.2 Å². The minimum atomic E-state index is -1.36. The van der Waals surface area contributed by atoms with E-state index in [0.717, 1.165) is 42.7 Å². The molecule has 8 nitrogen and oxygen atoms in total. The topological polar surface area (TPSA) is 106 Å². The van der Waals surface area contributed by atoms with Crippen LogP contribution in [-0.2, 0) is 24.1 Å². The Morgan fingerprint density at radius 2 is 1.84 bits per heavy atom. The number of hydrogen-bond acceptors (Lipinski definition) is 6. The van der Waals surface area contributed by atoms with Crippen molar-refractivity contribution in [2.45, 2.75) is 83.0 Å². The van der Waals surface area contributed by atoms with Gasteiger partial charge in [0, 0.05) is 55.5 Å². The largest absolute Gasteiger partial charge is 0.396 e. The lowest BCUT2D eigenvalue weighted by Gasteiger charge is -2.30. The smallest absolute Gasteiger partial charge is 0.270 e. The van der Waals surface area contributed by atoms with Crippen LogP contribution in [0, 0.1) is 11.8 Å². The predicted octanol–water partition coefficient (Wildman–Crippen LogP) is 4.58. The molecule has 1 fully saturated rings. The maximum atomic E-state index is 13.8. The molecular formula is C36H44N4O4S. The highest BCUT2D eigenvalue weighted by molar-refractivity contribution is 7.84. The second kappa shape index (κ2) is 13.5. The Bertz CT molecular complexity index is 1620. The van der Waals surface area contributed by atoms with Crippen molar-refractivity contribution in [1.82, 2.24) is 19.5 Å². The summed E-state index contributed by atoms with van der Waals surface area (Å²) in [6.45, 7) is 11.9. The Kier molecular flexibility index (Phi) is 9.92. The average molecular weight is 629 g/mol. The molecule has 1 amide bonds. The third-order valence-electron chi connectivity index (χ3n) is 8.03. The van der Waals surface area contributed by atoms with Gasteiger partial charge in [-0.15, -0.1) is 0 Å². The van der Waals surface area contributed by atoms with Gasteiger partial charge >= 0.3 is 0 Å². The summed E-state index contributed by atoms with van der Waals surface area (Å²) in [5.74, 6) is 5.66. The van der Waals surface area contributed by atoms with E-state index in [-0.39, 0.29) is 24.6 Å².